The van der Waals surface area contributed by atoms with E-state index < -0.39 is 4.92 Å². The van der Waals surface area contributed by atoms with Crippen molar-refractivity contribution in [2.75, 3.05) is 7.11 Å². The van der Waals surface area contributed by atoms with Gasteiger partial charge in [-0.05, 0) is 48.0 Å². The van der Waals surface area contributed by atoms with Crippen LogP contribution in [0.25, 0.3) is 6.08 Å². The second-order valence-corrected chi connectivity index (χ2v) is 7.28. The molecule has 0 aliphatic carbocycles. The van der Waals surface area contributed by atoms with E-state index in [9.17, 15) is 14.9 Å². The number of carbonyl (C=O) groups is 1. The highest BCUT2D eigenvalue weighted by Crippen LogP contribution is 2.30. The third-order valence-corrected chi connectivity index (χ3v) is 4.96. The Bertz CT molecular complexity index is 1140. The van der Waals surface area contributed by atoms with Crippen molar-refractivity contribution in [3.8, 4) is 11.5 Å². The maximum Gasteiger partial charge on any atom is 0.269 e. The molecule has 8 heteroatoms. The van der Waals surface area contributed by atoms with Gasteiger partial charge in [-0.1, -0.05) is 41.4 Å². The van der Waals surface area contributed by atoms with Gasteiger partial charge in [0.2, 0.25) is 0 Å². The van der Waals surface area contributed by atoms with Gasteiger partial charge in [-0.15, -0.1) is 0 Å². The highest BCUT2D eigenvalue weighted by molar-refractivity contribution is 6.35. The Morgan fingerprint density at radius 3 is 2.42 bits per heavy atom. The van der Waals surface area contributed by atoms with Crippen LogP contribution in [0, 0.1) is 10.1 Å². The summed E-state index contributed by atoms with van der Waals surface area (Å²) in [4.78, 5) is 22.5. The summed E-state index contributed by atoms with van der Waals surface area (Å²) in [5.74, 6) is 0.744. The van der Waals surface area contributed by atoms with Crippen molar-refractivity contribution in [2.45, 2.75) is 6.61 Å². The molecule has 0 amide bonds. The zero-order chi connectivity index (χ0) is 22.4. The van der Waals surface area contributed by atoms with E-state index in [2.05, 4.69) is 0 Å². The highest BCUT2D eigenvalue weighted by Gasteiger charge is 2.09. The van der Waals surface area contributed by atoms with E-state index in [1.165, 1.54) is 37.5 Å². The molecule has 31 heavy (non-hydrogen) atoms. The molecule has 3 aromatic rings. The van der Waals surface area contributed by atoms with Gasteiger partial charge < -0.3 is 9.47 Å². The van der Waals surface area contributed by atoms with Crippen LogP contribution in [0.1, 0.15) is 21.5 Å². The second-order valence-electron chi connectivity index (χ2n) is 6.44. The molecule has 0 aliphatic heterocycles. The molecule has 6 nitrogen and oxygen atoms in total. The van der Waals surface area contributed by atoms with Crippen molar-refractivity contribution in [2.24, 2.45) is 0 Å². The largest absolute Gasteiger partial charge is 0.493 e. The molecule has 0 saturated heterocycles. The van der Waals surface area contributed by atoms with Crippen LogP contribution < -0.4 is 9.47 Å². The molecule has 0 fully saturated rings. The lowest BCUT2D eigenvalue weighted by atomic mass is 10.1. The minimum Gasteiger partial charge on any atom is -0.493 e. The first kappa shape index (κ1) is 22.3. The number of methoxy groups -OCH3 is 1. The Morgan fingerprint density at radius 1 is 1.03 bits per heavy atom. The summed E-state index contributed by atoms with van der Waals surface area (Å²) in [6.07, 6.45) is 3.02. The summed E-state index contributed by atoms with van der Waals surface area (Å²) in [7, 11) is 1.52. The third kappa shape index (κ3) is 5.84. The second kappa shape index (κ2) is 10.1. The predicted octanol–water partition coefficient (Wildman–Crippen LogP) is 6.39. The molecule has 0 aliphatic rings. The zero-order valence-electron chi connectivity index (χ0n) is 16.4. The normalized spacial score (nSPS) is 10.8. The number of nitro groups is 1. The summed E-state index contributed by atoms with van der Waals surface area (Å²) in [6, 6.07) is 15.9. The van der Waals surface area contributed by atoms with Gasteiger partial charge in [0, 0.05) is 33.3 Å². The molecule has 0 aromatic heterocycles. The smallest absolute Gasteiger partial charge is 0.269 e. The molecular weight excluding hydrogens is 441 g/mol. The summed E-state index contributed by atoms with van der Waals surface area (Å²) in [6.45, 7) is 0.236. The Labute approximate surface area is 188 Å². The molecule has 0 spiro atoms. The van der Waals surface area contributed by atoms with E-state index in [0.29, 0.717) is 27.1 Å². The van der Waals surface area contributed by atoms with E-state index >= 15 is 0 Å². The Balaban J connectivity index is 1.70. The number of ketones is 1. The number of benzene rings is 3. The van der Waals surface area contributed by atoms with Gasteiger partial charge >= 0.3 is 0 Å². The van der Waals surface area contributed by atoms with Crippen LogP contribution in [0.2, 0.25) is 10.0 Å². The first-order chi connectivity index (χ1) is 14.9. The van der Waals surface area contributed by atoms with Crippen LogP contribution in [0.4, 0.5) is 5.69 Å². The van der Waals surface area contributed by atoms with Crippen molar-refractivity contribution in [1.29, 1.82) is 0 Å². The predicted molar refractivity (Wildman–Crippen MR) is 120 cm³/mol. The lowest BCUT2D eigenvalue weighted by Gasteiger charge is -2.12. The average molecular weight is 458 g/mol. The van der Waals surface area contributed by atoms with Crippen LogP contribution in [0.15, 0.2) is 66.7 Å². The number of allylic oxidation sites excluding steroid dienone is 1. The van der Waals surface area contributed by atoms with Crippen LogP contribution in [0.3, 0.4) is 0 Å². The average Bonchev–Trinajstić information content (AvgIpc) is 2.77. The number of hydrogen-bond donors (Lipinski definition) is 0. The lowest BCUT2D eigenvalue weighted by Crippen LogP contribution is -1.99. The molecule has 3 aromatic carbocycles. The van der Waals surface area contributed by atoms with Gasteiger partial charge in [-0.25, -0.2) is 0 Å². The Morgan fingerprint density at radius 2 is 1.77 bits per heavy atom. The zero-order valence-corrected chi connectivity index (χ0v) is 17.9. The van der Waals surface area contributed by atoms with E-state index in [4.69, 9.17) is 32.7 Å². The topological polar surface area (TPSA) is 78.7 Å². The minimum absolute atomic E-state index is 0.0688. The maximum atomic E-state index is 12.3. The van der Waals surface area contributed by atoms with Crippen molar-refractivity contribution < 1.29 is 19.2 Å². The Kier molecular flexibility index (Phi) is 7.28. The van der Waals surface area contributed by atoms with Crippen LogP contribution >= 0.6 is 23.2 Å². The van der Waals surface area contributed by atoms with Gasteiger partial charge in [0.1, 0.15) is 6.61 Å². The molecule has 158 valence electrons. The lowest BCUT2D eigenvalue weighted by molar-refractivity contribution is -0.384. The number of nitrogens with zero attached hydrogens (tertiary/aromatic N) is 1. The number of ether oxygens (including phenoxy) is 2. The van der Waals surface area contributed by atoms with Gasteiger partial charge in [-0.2, -0.15) is 0 Å². The van der Waals surface area contributed by atoms with E-state index in [-0.39, 0.29) is 18.1 Å². The molecular formula is C23H17Cl2NO5. The van der Waals surface area contributed by atoms with Gasteiger partial charge in [0.15, 0.2) is 17.3 Å². The summed E-state index contributed by atoms with van der Waals surface area (Å²) in [5, 5.41) is 11.8. The number of carbonyl (C=O) groups excluding carboxylic acids is 1. The standard InChI is InChI=1S/C23H17Cl2NO5/c1-30-23-12-15(2-10-21(27)16-5-8-19(9-6-16)26(28)29)3-11-22(23)31-14-17-4-7-18(24)13-20(17)25/h2-13H,14H2,1H3. The van der Waals surface area contributed by atoms with E-state index in [0.717, 1.165) is 11.1 Å². The first-order valence-corrected chi connectivity index (χ1v) is 9.84. The van der Waals surface area contributed by atoms with E-state index in [1.54, 1.807) is 42.5 Å². The molecule has 0 atom stereocenters. The number of hydrogen-bond acceptors (Lipinski definition) is 5. The van der Waals surface area contributed by atoms with Crippen molar-refractivity contribution >= 4 is 40.7 Å². The number of halogens is 2. The SMILES string of the molecule is COc1cc(C=CC(=O)c2ccc([N+](=O)[O-])cc2)ccc1OCc1ccc(Cl)cc1Cl. The molecule has 0 saturated carbocycles. The van der Waals surface area contributed by atoms with Crippen molar-refractivity contribution in [3.63, 3.8) is 0 Å². The number of rotatable bonds is 8. The fraction of sp³-hybridized carbons (Fsp3) is 0.0870. The molecule has 0 bridgehead atoms. The molecule has 0 N–H and O–H groups in total. The van der Waals surface area contributed by atoms with Crippen molar-refractivity contribution in [1.82, 2.24) is 0 Å². The molecule has 3 rings (SSSR count). The van der Waals surface area contributed by atoms with Gasteiger partial charge in [0.25, 0.3) is 5.69 Å². The first-order valence-electron chi connectivity index (χ1n) is 9.09. The van der Waals surface area contributed by atoms with Crippen LogP contribution in [-0.4, -0.2) is 17.8 Å². The molecule has 0 unspecified atom stereocenters. The van der Waals surface area contributed by atoms with Gasteiger partial charge in [0.05, 0.1) is 12.0 Å². The fourth-order valence-electron chi connectivity index (χ4n) is 2.72. The number of nitro benzene ring substituents is 1. The maximum absolute atomic E-state index is 12.3. The highest BCUT2D eigenvalue weighted by atomic mass is 35.5. The van der Waals surface area contributed by atoms with Crippen LogP contribution in [-0.2, 0) is 6.61 Å². The van der Waals surface area contributed by atoms with Crippen LogP contribution in [0.5, 0.6) is 11.5 Å². The fourth-order valence-corrected chi connectivity index (χ4v) is 3.18. The minimum atomic E-state index is -0.513. The summed E-state index contributed by atoms with van der Waals surface area (Å²) < 4.78 is 11.2. The van der Waals surface area contributed by atoms with E-state index in [1.807, 2.05) is 0 Å². The summed E-state index contributed by atoms with van der Waals surface area (Å²) >= 11 is 12.1. The third-order valence-electron chi connectivity index (χ3n) is 4.38. The van der Waals surface area contributed by atoms with Gasteiger partial charge in [-0.3, -0.25) is 14.9 Å². The molecule has 0 heterocycles. The molecule has 0 radical (unpaired) electrons. The number of non-ortho nitro benzene ring substituents is 1. The summed E-state index contributed by atoms with van der Waals surface area (Å²) in [5.41, 5.74) is 1.80. The monoisotopic (exact) mass is 457 g/mol. The Hall–Kier alpha value is -3.35. The quantitative estimate of drug-likeness (QED) is 0.169. The van der Waals surface area contributed by atoms with Crippen molar-refractivity contribution in [3.05, 3.63) is 104 Å².